The summed E-state index contributed by atoms with van der Waals surface area (Å²) < 4.78 is 11.8. The average Bonchev–Trinajstić information content (AvgIpc) is 2.65. The molecule has 0 aromatic rings. The molecule has 210 valence electrons. The van der Waals surface area contributed by atoms with Crippen LogP contribution in [0.2, 0.25) is 0 Å². The molecular formula is C30H54O6. The maximum atomic E-state index is 13.2. The van der Waals surface area contributed by atoms with E-state index >= 15 is 0 Å². The molecule has 1 N–H and O–H groups in total. The predicted molar refractivity (Wildman–Crippen MR) is 145 cm³/mol. The Balaban J connectivity index is 5.41. The number of carboxylic acids is 1. The van der Waals surface area contributed by atoms with Crippen molar-refractivity contribution < 1.29 is 29.0 Å². The zero-order valence-corrected chi connectivity index (χ0v) is 25.5. The zero-order chi connectivity index (χ0) is 29.1. The number of hydrogen-bond donors (Lipinski definition) is 1. The molecular weight excluding hydrogens is 456 g/mol. The number of esters is 2. The Morgan fingerprint density at radius 2 is 0.972 bits per heavy atom. The number of rotatable bonds is 14. The van der Waals surface area contributed by atoms with Gasteiger partial charge in [-0.05, 0) is 80.1 Å². The topological polar surface area (TPSA) is 89.9 Å². The van der Waals surface area contributed by atoms with Gasteiger partial charge in [0.2, 0.25) is 0 Å². The van der Waals surface area contributed by atoms with E-state index < -0.39 is 45.3 Å². The summed E-state index contributed by atoms with van der Waals surface area (Å²) in [5.74, 6) is -1.50. The molecule has 0 spiro atoms. The van der Waals surface area contributed by atoms with Crippen LogP contribution in [0.5, 0.6) is 0 Å². The summed E-state index contributed by atoms with van der Waals surface area (Å²) in [6.45, 7) is 30.3. The maximum Gasteiger partial charge on any atom is 0.311 e. The molecule has 0 amide bonds. The highest BCUT2D eigenvalue weighted by atomic mass is 16.6. The minimum atomic E-state index is -0.935. The third kappa shape index (κ3) is 9.55. The fraction of sp³-hybridized carbons (Fsp3) is 0.833. The van der Waals surface area contributed by atoms with Gasteiger partial charge in [-0.3, -0.25) is 14.4 Å². The molecule has 0 aromatic heterocycles. The number of allylic oxidation sites excluding steroid dienone is 1. The van der Waals surface area contributed by atoms with E-state index in [0.717, 1.165) is 0 Å². The lowest BCUT2D eigenvalue weighted by atomic mass is 9.71. The molecule has 0 heterocycles. The van der Waals surface area contributed by atoms with Crippen molar-refractivity contribution in [3.63, 3.8) is 0 Å². The SMILES string of the molecule is C=CC(C)(C)CC(C)(C)C(=O)OC(C)C(C)(C)CC(C)(C)C(=O)OC(C)C(C)(C)CC(C)(C)C(=O)O. The molecule has 6 heteroatoms. The van der Waals surface area contributed by atoms with Gasteiger partial charge in [0.1, 0.15) is 12.2 Å². The first kappa shape index (κ1) is 34.1. The van der Waals surface area contributed by atoms with Crippen LogP contribution in [-0.4, -0.2) is 35.2 Å². The molecule has 0 saturated heterocycles. The fourth-order valence-corrected chi connectivity index (χ4v) is 4.96. The van der Waals surface area contributed by atoms with Gasteiger partial charge in [-0.2, -0.15) is 0 Å². The standard InChI is InChI=1S/C30H54O6/c1-16-25(4,5)17-29(12,13)23(33)35-21(3)27(8,9)19-30(14,15)24(34)36-20(2)26(6,7)18-28(10,11)22(31)32/h16,20-21H,1,17-19H2,2-15H3,(H,31,32). The summed E-state index contributed by atoms with van der Waals surface area (Å²) in [6, 6.07) is 0. The van der Waals surface area contributed by atoms with E-state index in [9.17, 15) is 19.5 Å². The third-order valence-corrected chi connectivity index (χ3v) is 7.70. The van der Waals surface area contributed by atoms with Crippen LogP contribution < -0.4 is 0 Å². The molecule has 0 aliphatic carbocycles. The third-order valence-electron chi connectivity index (χ3n) is 7.70. The van der Waals surface area contributed by atoms with Crippen molar-refractivity contribution in [2.45, 2.75) is 128 Å². The van der Waals surface area contributed by atoms with Gasteiger partial charge in [0.25, 0.3) is 0 Å². The molecule has 0 aliphatic heterocycles. The summed E-state index contributed by atoms with van der Waals surface area (Å²) in [6.07, 6.45) is 2.37. The number of ether oxygens (including phenoxy) is 2. The number of aliphatic carboxylic acids is 1. The number of carbonyl (C=O) groups is 3. The summed E-state index contributed by atoms with van der Waals surface area (Å²) in [7, 11) is 0. The molecule has 0 fully saturated rings. The molecule has 36 heavy (non-hydrogen) atoms. The van der Waals surface area contributed by atoms with Gasteiger partial charge in [0, 0.05) is 10.8 Å². The van der Waals surface area contributed by atoms with Gasteiger partial charge in [0.05, 0.1) is 16.2 Å². The van der Waals surface area contributed by atoms with E-state index in [1.165, 1.54) is 0 Å². The molecule has 0 aromatic carbocycles. The van der Waals surface area contributed by atoms with Gasteiger partial charge in [0.15, 0.2) is 0 Å². The van der Waals surface area contributed by atoms with E-state index in [1.54, 1.807) is 13.8 Å². The molecule has 0 radical (unpaired) electrons. The van der Waals surface area contributed by atoms with E-state index in [0.29, 0.717) is 19.3 Å². The molecule has 0 rings (SSSR count). The van der Waals surface area contributed by atoms with Gasteiger partial charge >= 0.3 is 17.9 Å². The Hall–Kier alpha value is -1.85. The van der Waals surface area contributed by atoms with Gasteiger partial charge in [-0.1, -0.05) is 47.6 Å². The van der Waals surface area contributed by atoms with Crippen molar-refractivity contribution in [1.29, 1.82) is 0 Å². The zero-order valence-electron chi connectivity index (χ0n) is 25.5. The number of carbonyl (C=O) groups excluding carboxylic acids is 2. The second-order valence-electron chi connectivity index (χ2n) is 14.8. The Bertz CT molecular complexity index is 813. The van der Waals surface area contributed by atoms with E-state index in [2.05, 4.69) is 6.58 Å². The summed E-state index contributed by atoms with van der Waals surface area (Å²) in [5, 5.41) is 9.51. The Morgan fingerprint density at radius 3 is 1.28 bits per heavy atom. The fourth-order valence-electron chi connectivity index (χ4n) is 4.96. The Kier molecular flexibility index (Phi) is 10.7. The summed E-state index contributed by atoms with van der Waals surface area (Å²) in [5.41, 5.74) is -3.67. The van der Waals surface area contributed by atoms with Gasteiger partial charge in [-0.25, -0.2) is 0 Å². The smallest absolute Gasteiger partial charge is 0.311 e. The first-order valence-corrected chi connectivity index (χ1v) is 13.0. The van der Waals surface area contributed by atoms with Crippen LogP contribution in [0.25, 0.3) is 0 Å². The molecule has 2 unspecified atom stereocenters. The van der Waals surface area contributed by atoms with Crippen molar-refractivity contribution in [3.05, 3.63) is 12.7 Å². The largest absolute Gasteiger partial charge is 0.481 e. The van der Waals surface area contributed by atoms with E-state index in [4.69, 9.17) is 9.47 Å². The van der Waals surface area contributed by atoms with Crippen LogP contribution in [0.15, 0.2) is 12.7 Å². The van der Waals surface area contributed by atoms with Crippen LogP contribution in [0, 0.1) is 32.5 Å². The minimum absolute atomic E-state index is 0.197. The molecule has 0 aliphatic rings. The number of hydrogen-bond acceptors (Lipinski definition) is 5. The van der Waals surface area contributed by atoms with Crippen molar-refractivity contribution in [2.24, 2.45) is 32.5 Å². The van der Waals surface area contributed by atoms with Crippen LogP contribution >= 0.6 is 0 Å². The quantitative estimate of drug-likeness (QED) is 0.193. The first-order valence-electron chi connectivity index (χ1n) is 13.0. The van der Waals surface area contributed by atoms with E-state index in [-0.39, 0.29) is 17.4 Å². The van der Waals surface area contributed by atoms with Gasteiger partial charge < -0.3 is 14.6 Å². The van der Waals surface area contributed by atoms with E-state index in [1.807, 2.05) is 89.2 Å². The Labute approximate surface area is 220 Å². The van der Waals surface area contributed by atoms with Crippen LogP contribution in [0.3, 0.4) is 0 Å². The monoisotopic (exact) mass is 510 g/mol. The normalized spacial score (nSPS) is 15.6. The van der Waals surface area contributed by atoms with Crippen molar-refractivity contribution in [1.82, 2.24) is 0 Å². The average molecular weight is 511 g/mol. The highest BCUT2D eigenvalue weighted by Crippen LogP contribution is 2.42. The van der Waals surface area contributed by atoms with Gasteiger partial charge in [-0.15, -0.1) is 6.58 Å². The van der Waals surface area contributed by atoms with Crippen molar-refractivity contribution in [3.8, 4) is 0 Å². The van der Waals surface area contributed by atoms with Crippen molar-refractivity contribution >= 4 is 17.9 Å². The van der Waals surface area contributed by atoms with Crippen molar-refractivity contribution in [2.75, 3.05) is 0 Å². The molecule has 0 bridgehead atoms. The Morgan fingerprint density at radius 1 is 0.667 bits per heavy atom. The lowest BCUT2D eigenvalue weighted by Crippen LogP contribution is -2.44. The highest BCUT2D eigenvalue weighted by molar-refractivity contribution is 5.77. The van der Waals surface area contributed by atoms with Crippen LogP contribution in [0.1, 0.15) is 116 Å². The first-order chi connectivity index (χ1) is 15.7. The second-order valence-corrected chi connectivity index (χ2v) is 14.8. The predicted octanol–water partition coefficient (Wildman–Crippen LogP) is 7.45. The lowest BCUT2D eigenvalue weighted by Gasteiger charge is -2.41. The summed E-state index contributed by atoms with van der Waals surface area (Å²) >= 11 is 0. The second kappa shape index (κ2) is 11.3. The summed E-state index contributed by atoms with van der Waals surface area (Å²) in [4.78, 5) is 37.9. The molecule has 6 nitrogen and oxygen atoms in total. The number of carboxylic acid groups (broad SMARTS) is 1. The van der Waals surface area contributed by atoms with Crippen LogP contribution in [-0.2, 0) is 23.9 Å². The molecule has 2 atom stereocenters. The maximum absolute atomic E-state index is 13.2. The highest BCUT2D eigenvalue weighted by Gasteiger charge is 2.45. The minimum Gasteiger partial charge on any atom is -0.481 e. The molecule has 0 saturated carbocycles. The van der Waals surface area contributed by atoms with Crippen LogP contribution in [0.4, 0.5) is 0 Å². The lowest BCUT2D eigenvalue weighted by molar-refractivity contribution is -0.173.